The van der Waals surface area contributed by atoms with Gasteiger partial charge in [0.1, 0.15) is 0 Å². The third-order valence-electron chi connectivity index (χ3n) is 5.85. The Balaban J connectivity index is 1.80. The second-order valence-corrected chi connectivity index (χ2v) is 8.11. The topological polar surface area (TPSA) is 66.8 Å². The second-order valence-electron chi connectivity index (χ2n) is 8.11. The summed E-state index contributed by atoms with van der Waals surface area (Å²) >= 11 is 0. The first-order chi connectivity index (χ1) is 12.7. The minimum Gasteiger partial charge on any atom is -0.465 e. The standard InChI is InChI=1S/C22H33NO4/c1-5-27-20(25)21(3,4)22(26)11-14-23(15-12-22)13-7-10-19(24)18-9-6-8-17(2)16-18/h6,8-9,16,26H,5,7,10-15H2,1-4H3. The number of carbonyl (C=O) groups is 2. The molecule has 1 aliphatic rings. The van der Waals surface area contributed by atoms with Gasteiger partial charge in [-0.15, -0.1) is 0 Å². The van der Waals surface area contributed by atoms with Crippen LogP contribution in [0.5, 0.6) is 0 Å². The molecule has 0 aromatic heterocycles. The zero-order valence-electron chi connectivity index (χ0n) is 17.1. The molecule has 0 aliphatic carbocycles. The van der Waals surface area contributed by atoms with Crippen molar-refractivity contribution >= 4 is 11.8 Å². The number of aliphatic hydroxyl groups is 1. The van der Waals surface area contributed by atoms with Crippen LogP contribution in [-0.4, -0.2) is 53.6 Å². The summed E-state index contributed by atoms with van der Waals surface area (Å²) in [6.07, 6.45) is 2.39. The normalized spacial score (nSPS) is 17.5. The summed E-state index contributed by atoms with van der Waals surface area (Å²) in [5.74, 6) is -0.166. The Morgan fingerprint density at radius 2 is 1.93 bits per heavy atom. The number of esters is 1. The van der Waals surface area contributed by atoms with Gasteiger partial charge in [-0.25, -0.2) is 0 Å². The second kappa shape index (κ2) is 8.98. The Hall–Kier alpha value is -1.72. The van der Waals surface area contributed by atoms with Crippen LogP contribution in [-0.2, 0) is 9.53 Å². The molecule has 0 atom stereocenters. The Morgan fingerprint density at radius 1 is 1.26 bits per heavy atom. The van der Waals surface area contributed by atoms with E-state index in [4.69, 9.17) is 4.74 Å². The van der Waals surface area contributed by atoms with Crippen molar-refractivity contribution in [1.29, 1.82) is 0 Å². The van der Waals surface area contributed by atoms with Crippen molar-refractivity contribution in [3.8, 4) is 0 Å². The van der Waals surface area contributed by atoms with Crippen molar-refractivity contribution in [3.63, 3.8) is 0 Å². The number of likely N-dealkylation sites (tertiary alicyclic amines) is 1. The van der Waals surface area contributed by atoms with Gasteiger partial charge < -0.3 is 14.7 Å². The molecule has 1 aliphatic heterocycles. The van der Waals surface area contributed by atoms with Gasteiger partial charge in [-0.05, 0) is 59.6 Å². The molecular formula is C22H33NO4. The van der Waals surface area contributed by atoms with Gasteiger partial charge in [-0.3, -0.25) is 9.59 Å². The number of ether oxygens (including phenoxy) is 1. The number of carbonyl (C=O) groups excluding carboxylic acids is 2. The molecule has 5 nitrogen and oxygen atoms in total. The predicted octanol–water partition coefficient (Wildman–Crippen LogP) is 3.37. The quantitative estimate of drug-likeness (QED) is 0.557. The minimum absolute atomic E-state index is 0.177. The number of piperidine rings is 1. The summed E-state index contributed by atoms with van der Waals surface area (Å²) in [5, 5.41) is 11.0. The lowest BCUT2D eigenvalue weighted by Gasteiger charge is -2.46. The molecule has 1 N–H and O–H groups in total. The minimum atomic E-state index is -1.05. The van der Waals surface area contributed by atoms with E-state index in [9.17, 15) is 14.7 Å². The summed E-state index contributed by atoms with van der Waals surface area (Å²) in [5.41, 5.74) is -0.0943. The first-order valence-electron chi connectivity index (χ1n) is 9.91. The van der Waals surface area contributed by atoms with E-state index in [1.54, 1.807) is 20.8 Å². The SMILES string of the molecule is CCOC(=O)C(C)(C)C1(O)CCN(CCCC(=O)c2cccc(C)c2)CC1. The fourth-order valence-corrected chi connectivity index (χ4v) is 3.70. The maximum atomic E-state index is 12.3. The van der Waals surface area contributed by atoms with Crippen molar-refractivity contribution in [2.75, 3.05) is 26.2 Å². The highest BCUT2D eigenvalue weighted by Crippen LogP contribution is 2.40. The number of nitrogens with zero attached hydrogens (tertiary/aromatic N) is 1. The average Bonchev–Trinajstić information content (AvgIpc) is 2.63. The molecule has 2 rings (SSSR count). The Morgan fingerprint density at radius 3 is 2.52 bits per heavy atom. The van der Waals surface area contributed by atoms with Gasteiger partial charge in [0, 0.05) is 25.1 Å². The van der Waals surface area contributed by atoms with E-state index >= 15 is 0 Å². The molecule has 27 heavy (non-hydrogen) atoms. The smallest absolute Gasteiger partial charge is 0.314 e. The zero-order valence-corrected chi connectivity index (χ0v) is 17.1. The highest BCUT2D eigenvalue weighted by molar-refractivity contribution is 5.96. The molecule has 1 aromatic carbocycles. The molecule has 1 aromatic rings. The van der Waals surface area contributed by atoms with E-state index in [0.717, 1.165) is 37.2 Å². The maximum absolute atomic E-state index is 12.3. The Kier molecular flexibility index (Phi) is 7.18. The highest BCUT2D eigenvalue weighted by Gasteiger charge is 2.50. The van der Waals surface area contributed by atoms with Crippen molar-refractivity contribution in [3.05, 3.63) is 35.4 Å². The molecule has 0 unspecified atom stereocenters. The molecule has 0 spiro atoms. The average molecular weight is 376 g/mol. The summed E-state index contributed by atoms with van der Waals surface area (Å²) in [6, 6.07) is 7.71. The largest absolute Gasteiger partial charge is 0.465 e. The first kappa shape index (κ1) is 21.6. The number of hydrogen-bond donors (Lipinski definition) is 1. The van der Waals surface area contributed by atoms with Crippen LogP contribution in [0.25, 0.3) is 0 Å². The maximum Gasteiger partial charge on any atom is 0.314 e. The highest BCUT2D eigenvalue weighted by atomic mass is 16.5. The van der Waals surface area contributed by atoms with Gasteiger partial charge in [0.15, 0.2) is 5.78 Å². The number of rotatable bonds is 8. The van der Waals surface area contributed by atoms with E-state index in [-0.39, 0.29) is 11.8 Å². The van der Waals surface area contributed by atoms with Crippen LogP contribution in [0.2, 0.25) is 0 Å². The van der Waals surface area contributed by atoms with Crippen molar-refractivity contribution in [1.82, 2.24) is 4.90 Å². The monoisotopic (exact) mass is 375 g/mol. The zero-order chi connectivity index (χ0) is 20.1. The van der Waals surface area contributed by atoms with Crippen LogP contribution in [0.1, 0.15) is 62.4 Å². The number of hydrogen-bond acceptors (Lipinski definition) is 5. The molecule has 150 valence electrons. The van der Waals surface area contributed by atoms with E-state index in [1.165, 1.54) is 0 Å². The van der Waals surface area contributed by atoms with Gasteiger partial charge in [0.05, 0.1) is 17.6 Å². The fraction of sp³-hybridized carbons (Fsp3) is 0.636. The predicted molar refractivity (Wildman–Crippen MR) is 106 cm³/mol. The van der Waals surface area contributed by atoms with E-state index in [0.29, 0.717) is 25.9 Å². The lowest BCUT2D eigenvalue weighted by Crippen LogP contribution is -2.56. The van der Waals surface area contributed by atoms with Gasteiger partial charge in [0.25, 0.3) is 0 Å². The third-order valence-corrected chi connectivity index (χ3v) is 5.85. The van der Waals surface area contributed by atoms with Gasteiger partial charge >= 0.3 is 5.97 Å². The van der Waals surface area contributed by atoms with Crippen LogP contribution < -0.4 is 0 Å². The third kappa shape index (κ3) is 5.17. The van der Waals surface area contributed by atoms with Crippen LogP contribution >= 0.6 is 0 Å². The molecule has 0 radical (unpaired) electrons. The first-order valence-corrected chi connectivity index (χ1v) is 9.91. The van der Waals surface area contributed by atoms with Crippen LogP contribution in [0, 0.1) is 12.3 Å². The molecular weight excluding hydrogens is 342 g/mol. The number of benzene rings is 1. The molecule has 0 bridgehead atoms. The van der Waals surface area contributed by atoms with Gasteiger partial charge in [-0.2, -0.15) is 0 Å². The molecule has 1 saturated heterocycles. The summed E-state index contributed by atoms with van der Waals surface area (Å²) in [4.78, 5) is 26.8. The van der Waals surface area contributed by atoms with Gasteiger partial charge in [-0.1, -0.05) is 23.8 Å². The van der Waals surface area contributed by atoms with Crippen LogP contribution in [0.3, 0.4) is 0 Å². The summed E-state index contributed by atoms with van der Waals surface area (Å²) in [7, 11) is 0. The lowest BCUT2D eigenvalue weighted by molar-refractivity contribution is -0.177. The Bertz CT molecular complexity index is 660. The van der Waals surface area contributed by atoms with Gasteiger partial charge in [0.2, 0.25) is 0 Å². The number of aryl methyl sites for hydroxylation is 1. The number of Topliss-reactive ketones (excluding diaryl/α,β-unsaturated/α-hetero) is 1. The molecule has 0 saturated carbocycles. The summed E-state index contributed by atoms with van der Waals surface area (Å²) < 4.78 is 5.14. The van der Waals surface area contributed by atoms with E-state index < -0.39 is 11.0 Å². The molecule has 0 amide bonds. The molecule has 5 heteroatoms. The van der Waals surface area contributed by atoms with Crippen molar-refractivity contribution < 1.29 is 19.4 Å². The lowest BCUT2D eigenvalue weighted by atomic mass is 9.69. The molecule has 1 heterocycles. The molecule has 1 fully saturated rings. The summed E-state index contributed by atoms with van der Waals surface area (Å²) in [6.45, 7) is 9.88. The van der Waals surface area contributed by atoms with Crippen molar-refractivity contribution in [2.24, 2.45) is 5.41 Å². The van der Waals surface area contributed by atoms with Crippen molar-refractivity contribution in [2.45, 2.75) is 59.0 Å². The van der Waals surface area contributed by atoms with Crippen LogP contribution in [0.4, 0.5) is 0 Å². The van der Waals surface area contributed by atoms with E-state index in [1.807, 2.05) is 31.2 Å². The number of ketones is 1. The Labute approximate surface area is 162 Å². The van der Waals surface area contributed by atoms with E-state index in [2.05, 4.69) is 4.90 Å². The fourth-order valence-electron chi connectivity index (χ4n) is 3.70. The van der Waals surface area contributed by atoms with Crippen LogP contribution in [0.15, 0.2) is 24.3 Å².